The van der Waals surface area contributed by atoms with Gasteiger partial charge in [0, 0.05) is 38.3 Å². The summed E-state index contributed by atoms with van der Waals surface area (Å²) in [4.78, 5) is 5.16. The van der Waals surface area contributed by atoms with E-state index in [1.54, 1.807) is 0 Å². The lowest BCUT2D eigenvalue weighted by molar-refractivity contribution is 0.0816. The summed E-state index contributed by atoms with van der Waals surface area (Å²) < 4.78 is 5.75. The molecule has 4 heteroatoms. The summed E-state index contributed by atoms with van der Waals surface area (Å²) >= 11 is 0. The van der Waals surface area contributed by atoms with Crippen LogP contribution in [-0.2, 0) is 4.74 Å². The van der Waals surface area contributed by atoms with Gasteiger partial charge in [-0.25, -0.2) is 0 Å². The predicted molar refractivity (Wildman–Crippen MR) is 84.2 cm³/mol. The molecule has 0 aliphatic carbocycles. The fourth-order valence-corrected chi connectivity index (χ4v) is 3.54. The molecule has 0 aromatic rings. The molecule has 0 bridgehead atoms. The highest BCUT2D eigenvalue weighted by Gasteiger charge is 2.24. The zero-order chi connectivity index (χ0) is 14.4. The zero-order valence-electron chi connectivity index (χ0n) is 13.6. The summed E-state index contributed by atoms with van der Waals surface area (Å²) in [7, 11) is 2.25. The normalized spacial score (nSPS) is 31.4. The number of nitrogens with zero attached hydrogens (tertiary/aromatic N) is 2. The van der Waals surface area contributed by atoms with Crippen molar-refractivity contribution >= 4 is 0 Å². The second-order valence-electron chi connectivity index (χ2n) is 6.51. The highest BCUT2D eigenvalue weighted by atomic mass is 16.5. The lowest BCUT2D eigenvalue weighted by atomic mass is 10.1. The number of nitrogens with one attached hydrogen (secondary N) is 1. The molecule has 0 spiro atoms. The second kappa shape index (κ2) is 8.32. The van der Waals surface area contributed by atoms with E-state index in [1.807, 2.05) is 0 Å². The van der Waals surface area contributed by atoms with Crippen LogP contribution in [0.15, 0.2) is 0 Å². The summed E-state index contributed by atoms with van der Waals surface area (Å²) in [5.41, 5.74) is 0. The molecular formula is C16H33N3O. The lowest BCUT2D eigenvalue weighted by Crippen LogP contribution is -2.45. The summed E-state index contributed by atoms with van der Waals surface area (Å²) in [6.07, 6.45) is 5.44. The summed E-state index contributed by atoms with van der Waals surface area (Å²) in [5, 5.41) is 3.67. The van der Waals surface area contributed by atoms with Gasteiger partial charge in [-0.05, 0) is 52.7 Å². The van der Waals surface area contributed by atoms with Gasteiger partial charge in [-0.1, -0.05) is 6.92 Å². The van der Waals surface area contributed by atoms with E-state index in [0.717, 1.165) is 19.2 Å². The predicted octanol–water partition coefficient (Wildman–Crippen LogP) is 1.56. The minimum Gasteiger partial charge on any atom is -0.377 e. The molecule has 20 heavy (non-hydrogen) atoms. The molecule has 2 heterocycles. The van der Waals surface area contributed by atoms with Gasteiger partial charge in [0.1, 0.15) is 0 Å². The molecule has 1 N–H and O–H groups in total. The summed E-state index contributed by atoms with van der Waals surface area (Å²) in [5.74, 6) is 0. The average Bonchev–Trinajstić information content (AvgIpc) is 2.91. The van der Waals surface area contributed by atoms with Crippen molar-refractivity contribution in [2.45, 2.75) is 57.7 Å². The van der Waals surface area contributed by atoms with Crippen molar-refractivity contribution in [3.8, 4) is 0 Å². The topological polar surface area (TPSA) is 27.7 Å². The molecule has 0 amide bonds. The maximum absolute atomic E-state index is 5.75. The molecular weight excluding hydrogens is 250 g/mol. The van der Waals surface area contributed by atoms with Gasteiger partial charge in [-0.3, -0.25) is 4.90 Å². The Bertz CT molecular complexity index is 268. The smallest absolute Gasteiger partial charge is 0.0726 e. The first-order valence-corrected chi connectivity index (χ1v) is 8.48. The van der Waals surface area contributed by atoms with Gasteiger partial charge in [0.2, 0.25) is 0 Å². The van der Waals surface area contributed by atoms with Crippen LogP contribution in [0.3, 0.4) is 0 Å². The summed E-state index contributed by atoms with van der Waals surface area (Å²) in [6, 6.07) is 1.22. The third-order valence-electron chi connectivity index (χ3n) is 4.88. The minimum atomic E-state index is 0.437. The van der Waals surface area contributed by atoms with E-state index in [4.69, 9.17) is 4.74 Å². The van der Waals surface area contributed by atoms with Gasteiger partial charge < -0.3 is 15.0 Å². The van der Waals surface area contributed by atoms with Gasteiger partial charge in [0.15, 0.2) is 0 Å². The Kier molecular flexibility index (Phi) is 6.75. The van der Waals surface area contributed by atoms with Crippen molar-refractivity contribution in [1.29, 1.82) is 0 Å². The van der Waals surface area contributed by atoms with Crippen LogP contribution in [0.25, 0.3) is 0 Å². The van der Waals surface area contributed by atoms with Crippen LogP contribution in [-0.4, -0.2) is 74.4 Å². The first-order chi connectivity index (χ1) is 9.70. The van der Waals surface area contributed by atoms with Crippen molar-refractivity contribution in [1.82, 2.24) is 15.1 Å². The summed E-state index contributed by atoms with van der Waals surface area (Å²) in [6.45, 7) is 11.5. The maximum atomic E-state index is 5.75. The van der Waals surface area contributed by atoms with E-state index >= 15 is 0 Å². The fraction of sp³-hybridized carbons (Fsp3) is 1.00. The number of hydrogen-bond acceptors (Lipinski definition) is 4. The molecule has 0 aromatic carbocycles. The molecule has 3 atom stereocenters. The molecule has 2 saturated heterocycles. The quantitative estimate of drug-likeness (QED) is 0.801. The average molecular weight is 283 g/mol. The molecule has 118 valence electrons. The van der Waals surface area contributed by atoms with Crippen molar-refractivity contribution < 1.29 is 4.74 Å². The SMILES string of the molecule is CCC1CN(C)CCCN1CCNC(C)C1CCCO1. The Morgan fingerprint density at radius 1 is 1.30 bits per heavy atom. The van der Waals surface area contributed by atoms with E-state index < -0.39 is 0 Å². The minimum absolute atomic E-state index is 0.437. The van der Waals surface area contributed by atoms with E-state index in [9.17, 15) is 0 Å². The molecule has 2 fully saturated rings. The Labute approximate surface area is 124 Å². The number of hydrogen-bond donors (Lipinski definition) is 1. The fourth-order valence-electron chi connectivity index (χ4n) is 3.54. The maximum Gasteiger partial charge on any atom is 0.0726 e. The van der Waals surface area contributed by atoms with E-state index in [1.165, 1.54) is 51.9 Å². The standard InChI is InChI=1S/C16H33N3O/c1-4-15-13-18(3)9-6-10-19(15)11-8-17-14(2)16-7-5-12-20-16/h14-17H,4-13H2,1-3H3. The molecule has 4 nitrogen and oxygen atoms in total. The number of likely N-dealkylation sites (N-methyl/N-ethyl adjacent to an activating group) is 1. The Hall–Kier alpha value is -0.160. The highest BCUT2D eigenvalue weighted by molar-refractivity contribution is 4.80. The van der Waals surface area contributed by atoms with Gasteiger partial charge in [-0.15, -0.1) is 0 Å². The third-order valence-corrected chi connectivity index (χ3v) is 4.88. The Morgan fingerprint density at radius 2 is 2.15 bits per heavy atom. The lowest BCUT2D eigenvalue weighted by Gasteiger charge is -2.31. The molecule has 2 aliphatic heterocycles. The van der Waals surface area contributed by atoms with Gasteiger partial charge in [0.25, 0.3) is 0 Å². The third kappa shape index (κ3) is 4.69. The van der Waals surface area contributed by atoms with E-state index in [0.29, 0.717) is 12.1 Å². The molecule has 0 saturated carbocycles. The van der Waals surface area contributed by atoms with Crippen LogP contribution >= 0.6 is 0 Å². The van der Waals surface area contributed by atoms with Crippen LogP contribution in [0.5, 0.6) is 0 Å². The zero-order valence-corrected chi connectivity index (χ0v) is 13.6. The monoisotopic (exact) mass is 283 g/mol. The first-order valence-electron chi connectivity index (χ1n) is 8.48. The van der Waals surface area contributed by atoms with Gasteiger partial charge >= 0.3 is 0 Å². The van der Waals surface area contributed by atoms with Crippen LogP contribution in [0.2, 0.25) is 0 Å². The number of rotatable bonds is 6. The molecule has 0 aromatic heterocycles. The van der Waals surface area contributed by atoms with E-state index in [-0.39, 0.29) is 0 Å². The van der Waals surface area contributed by atoms with Crippen LogP contribution in [0, 0.1) is 0 Å². The number of ether oxygens (including phenoxy) is 1. The van der Waals surface area contributed by atoms with Crippen molar-refractivity contribution in [2.75, 3.05) is 46.4 Å². The Morgan fingerprint density at radius 3 is 2.85 bits per heavy atom. The Balaban J connectivity index is 1.71. The molecule has 3 unspecified atom stereocenters. The molecule has 0 radical (unpaired) electrons. The molecule has 2 aliphatic rings. The van der Waals surface area contributed by atoms with Crippen LogP contribution in [0.4, 0.5) is 0 Å². The largest absolute Gasteiger partial charge is 0.377 e. The molecule has 2 rings (SSSR count). The van der Waals surface area contributed by atoms with E-state index in [2.05, 4.69) is 36.0 Å². The van der Waals surface area contributed by atoms with Crippen LogP contribution < -0.4 is 5.32 Å². The van der Waals surface area contributed by atoms with Crippen molar-refractivity contribution in [3.05, 3.63) is 0 Å². The van der Waals surface area contributed by atoms with Crippen molar-refractivity contribution in [3.63, 3.8) is 0 Å². The first kappa shape index (κ1) is 16.2. The van der Waals surface area contributed by atoms with Gasteiger partial charge in [0.05, 0.1) is 6.10 Å². The van der Waals surface area contributed by atoms with Gasteiger partial charge in [-0.2, -0.15) is 0 Å². The highest BCUT2D eigenvalue weighted by Crippen LogP contribution is 2.15. The van der Waals surface area contributed by atoms with Crippen molar-refractivity contribution in [2.24, 2.45) is 0 Å². The second-order valence-corrected chi connectivity index (χ2v) is 6.51. The van der Waals surface area contributed by atoms with Crippen LogP contribution in [0.1, 0.15) is 39.5 Å².